The van der Waals surface area contributed by atoms with Gasteiger partial charge in [0.1, 0.15) is 0 Å². The van der Waals surface area contributed by atoms with E-state index in [-0.39, 0.29) is 24.3 Å². The molecule has 6 nitrogen and oxygen atoms in total. The van der Waals surface area contributed by atoms with Crippen LogP contribution in [0.25, 0.3) is 0 Å². The van der Waals surface area contributed by atoms with E-state index in [1.165, 1.54) is 11.0 Å². The lowest BCUT2D eigenvalue weighted by molar-refractivity contribution is -0.150. The number of carboxylic acids is 1. The van der Waals surface area contributed by atoms with Crippen LogP contribution < -0.4 is 5.32 Å². The minimum Gasteiger partial charge on any atom is -0.481 e. The van der Waals surface area contributed by atoms with E-state index in [2.05, 4.69) is 11.9 Å². The number of nitrogens with one attached hydrogen (secondary N) is 1. The molecule has 0 aromatic heterocycles. The number of amides is 3. The zero-order valence-corrected chi connectivity index (χ0v) is 22.1. The molecule has 2 rings (SSSR count). The van der Waals surface area contributed by atoms with Gasteiger partial charge in [-0.2, -0.15) is 0 Å². The Bertz CT molecular complexity index is 973. The van der Waals surface area contributed by atoms with Gasteiger partial charge < -0.3 is 10.4 Å². The highest BCUT2D eigenvalue weighted by Crippen LogP contribution is 2.29. The van der Waals surface area contributed by atoms with Crippen molar-refractivity contribution in [3.63, 3.8) is 0 Å². The minimum atomic E-state index is -1.06. The standard InChI is InChI=1S/C30H40N2O4/c1-7-14-24(28(34)35)25(19-21(2)3)27(33)32(20-30(4,5)6)29(36)31-26(22-15-10-8-11-16-22)23-17-12-9-13-18-23/h7-13,15-18,21,24-26H,1,14,19-20H2,2-6H3,(H,31,36)(H,34,35)/t24-,25+/m0/s1. The second kappa shape index (κ2) is 13.1. The lowest BCUT2D eigenvalue weighted by Crippen LogP contribution is -2.52. The smallest absolute Gasteiger partial charge is 0.324 e. The number of hydrogen-bond donors (Lipinski definition) is 2. The number of aliphatic carboxylic acids is 1. The van der Waals surface area contributed by atoms with Crippen molar-refractivity contribution in [3.05, 3.63) is 84.4 Å². The summed E-state index contributed by atoms with van der Waals surface area (Å²) in [6.07, 6.45) is 2.03. The molecule has 3 amide bonds. The Morgan fingerprint density at radius 3 is 1.83 bits per heavy atom. The van der Waals surface area contributed by atoms with Crippen molar-refractivity contribution in [3.8, 4) is 0 Å². The zero-order valence-electron chi connectivity index (χ0n) is 22.1. The van der Waals surface area contributed by atoms with Gasteiger partial charge in [0, 0.05) is 6.54 Å². The first-order valence-electron chi connectivity index (χ1n) is 12.5. The van der Waals surface area contributed by atoms with Crippen LogP contribution in [-0.2, 0) is 9.59 Å². The van der Waals surface area contributed by atoms with Crippen LogP contribution in [0.15, 0.2) is 73.3 Å². The van der Waals surface area contributed by atoms with Crippen LogP contribution in [0, 0.1) is 23.2 Å². The van der Waals surface area contributed by atoms with E-state index in [9.17, 15) is 19.5 Å². The van der Waals surface area contributed by atoms with Crippen LogP contribution in [-0.4, -0.2) is 34.5 Å². The molecule has 0 radical (unpaired) electrons. The molecule has 2 atom stereocenters. The van der Waals surface area contributed by atoms with Crippen LogP contribution >= 0.6 is 0 Å². The third-order valence-corrected chi connectivity index (χ3v) is 5.94. The Morgan fingerprint density at radius 2 is 1.44 bits per heavy atom. The van der Waals surface area contributed by atoms with Crippen molar-refractivity contribution >= 4 is 17.9 Å². The number of hydrogen-bond acceptors (Lipinski definition) is 3. The highest BCUT2D eigenvalue weighted by molar-refractivity contribution is 5.97. The predicted octanol–water partition coefficient (Wildman–Crippen LogP) is 6.30. The quantitative estimate of drug-likeness (QED) is 0.360. The first-order valence-corrected chi connectivity index (χ1v) is 12.5. The molecule has 0 aliphatic carbocycles. The fourth-order valence-corrected chi connectivity index (χ4v) is 4.34. The highest BCUT2D eigenvalue weighted by atomic mass is 16.4. The van der Waals surface area contributed by atoms with Crippen LogP contribution in [0.4, 0.5) is 4.79 Å². The first-order chi connectivity index (χ1) is 16.9. The molecule has 0 aliphatic rings. The van der Waals surface area contributed by atoms with Crippen LogP contribution in [0.2, 0.25) is 0 Å². The fraction of sp³-hybridized carbons (Fsp3) is 0.433. The molecule has 2 aromatic rings. The molecule has 0 bridgehead atoms. The summed E-state index contributed by atoms with van der Waals surface area (Å²) in [5.74, 6) is -3.25. The van der Waals surface area contributed by atoms with E-state index in [0.29, 0.717) is 6.42 Å². The molecule has 6 heteroatoms. The van der Waals surface area contributed by atoms with Crippen molar-refractivity contribution in [2.45, 2.75) is 53.5 Å². The Kier molecular flexibility index (Phi) is 10.5. The normalized spacial score (nSPS) is 13.2. The van der Waals surface area contributed by atoms with Crippen molar-refractivity contribution in [2.24, 2.45) is 23.2 Å². The number of imide groups is 1. The molecule has 0 heterocycles. The van der Waals surface area contributed by atoms with Crippen molar-refractivity contribution in [1.29, 1.82) is 0 Å². The zero-order chi connectivity index (χ0) is 26.9. The Balaban J connectivity index is 2.49. The fourth-order valence-electron chi connectivity index (χ4n) is 4.34. The van der Waals surface area contributed by atoms with Crippen LogP contribution in [0.1, 0.15) is 64.6 Å². The van der Waals surface area contributed by atoms with Gasteiger partial charge in [0.05, 0.1) is 17.9 Å². The number of urea groups is 1. The lowest BCUT2D eigenvalue weighted by atomic mass is 9.82. The second-order valence-corrected chi connectivity index (χ2v) is 10.9. The van der Waals surface area contributed by atoms with Gasteiger partial charge in [0.15, 0.2) is 0 Å². The highest BCUT2D eigenvalue weighted by Gasteiger charge is 2.39. The van der Waals surface area contributed by atoms with Gasteiger partial charge in [0.25, 0.3) is 0 Å². The van der Waals surface area contributed by atoms with Gasteiger partial charge in [-0.05, 0) is 35.3 Å². The summed E-state index contributed by atoms with van der Waals surface area (Å²) in [6, 6.07) is 18.1. The number of carbonyl (C=O) groups is 3. The number of rotatable bonds is 11. The van der Waals surface area contributed by atoms with E-state index in [1.54, 1.807) is 0 Å². The average Bonchev–Trinajstić information content (AvgIpc) is 2.82. The summed E-state index contributed by atoms with van der Waals surface area (Å²) >= 11 is 0. The number of carboxylic acid groups (broad SMARTS) is 1. The summed E-state index contributed by atoms with van der Waals surface area (Å²) in [5, 5.41) is 13.0. The molecule has 0 aliphatic heterocycles. The largest absolute Gasteiger partial charge is 0.481 e. The van der Waals surface area contributed by atoms with E-state index >= 15 is 0 Å². The van der Waals surface area contributed by atoms with Crippen molar-refractivity contribution in [1.82, 2.24) is 10.2 Å². The molecule has 36 heavy (non-hydrogen) atoms. The van der Waals surface area contributed by atoms with Crippen LogP contribution in [0.5, 0.6) is 0 Å². The molecule has 194 valence electrons. The molecule has 2 aromatic carbocycles. The number of nitrogens with zero attached hydrogens (tertiary/aromatic N) is 1. The topological polar surface area (TPSA) is 86.7 Å². The molecule has 0 saturated carbocycles. The van der Waals surface area contributed by atoms with E-state index in [0.717, 1.165) is 11.1 Å². The summed E-state index contributed by atoms with van der Waals surface area (Å²) in [5.41, 5.74) is 1.38. The van der Waals surface area contributed by atoms with Crippen molar-refractivity contribution in [2.75, 3.05) is 6.54 Å². The third-order valence-electron chi connectivity index (χ3n) is 5.94. The molecule has 0 saturated heterocycles. The summed E-state index contributed by atoms with van der Waals surface area (Å²) < 4.78 is 0. The predicted molar refractivity (Wildman–Crippen MR) is 143 cm³/mol. The first kappa shape index (κ1) is 28.8. The Morgan fingerprint density at radius 1 is 0.944 bits per heavy atom. The number of carbonyl (C=O) groups excluding carboxylic acids is 2. The maximum absolute atomic E-state index is 13.9. The molecule has 2 N–H and O–H groups in total. The van der Waals surface area contributed by atoms with E-state index in [4.69, 9.17) is 0 Å². The van der Waals surface area contributed by atoms with Crippen molar-refractivity contribution < 1.29 is 19.5 Å². The number of allylic oxidation sites excluding steroid dienone is 1. The maximum Gasteiger partial charge on any atom is 0.324 e. The van der Waals surface area contributed by atoms with E-state index in [1.807, 2.05) is 95.3 Å². The second-order valence-electron chi connectivity index (χ2n) is 10.9. The van der Waals surface area contributed by atoms with Gasteiger partial charge in [0.2, 0.25) is 5.91 Å². The van der Waals surface area contributed by atoms with Crippen LogP contribution in [0.3, 0.4) is 0 Å². The minimum absolute atomic E-state index is 0.0755. The van der Waals surface area contributed by atoms with Gasteiger partial charge in [-0.25, -0.2) is 4.79 Å². The Labute approximate surface area is 215 Å². The third kappa shape index (κ3) is 8.36. The van der Waals surface area contributed by atoms with Gasteiger partial charge in [-0.1, -0.05) is 101 Å². The van der Waals surface area contributed by atoms with Gasteiger partial charge >= 0.3 is 12.0 Å². The van der Waals surface area contributed by atoms with E-state index < -0.39 is 35.8 Å². The van der Waals surface area contributed by atoms with Gasteiger partial charge in [-0.3, -0.25) is 14.5 Å². The summed E-state index contributed by atoms with van der Waals surface area (Å²) in [6.45, 7) is 13.6. The average molecular weight is 493 g/mol. The molecular weight excluding hydrogens is 452 g/mol. The molecule has 0 unspecified atom stereocenters. The summed E-state index contributed by atoms with van der Waals surface area (Å²) in [7, 11) is 0. The van der Waals surface area contributed by atoms with Gasteiger partial charge in [-0.15, -0.1) is 6.58 Å². The Hall–Kier alpha value is -3.41. The SMILES string of the molecule is C=CC[C@H](C(=O)O)[C@@H](CC(C)C)C(=O)N(CC(C)(C)C)C(=O)NC(c1ccccc1)c1ccccc1. The maximum atomic E-state index is 13.9. The number of benzene rings is 2. The lowest BCUT2D eigenvalue weighted by Gasteiger charge is -2.34. The monoisotopic (exact) mass is 492 g/mol. The molecule has 0 spiro atoms. The summed E-state index contributed by atoms with van der Waals surface area (Å²) in [4.78, 5) is 41.1. The molecule has 0 fully saturated rings. The molecular formula is C30H40N2O4.